The fourth-order valence-corrected chi connectivity index (χ4v) is 3.60. The van der Waals surface area contributed by atoms with Crippen LogP contribution in [0, 0.1) is 0 Å². The number of hydrogen-bond donors (Lipinski definition) is 1. The van der Waals surface area contributed by atoms with Gasteiger partial charge < -0.3 is 14.9 Å². The Morgan fingerprint density at radius 1 is 1.21 bits per heavy atom. The molecule has 146 valence electrons. The van der Waals surface area contributed by atoms with Crippen LogP contribution in [0.4, 0.5) is 4.79 Å². The zero-order valence-electron chi connectivity index (χ0n) is 15.8. The highest BCUT2D eigenvalue weighted by atomic mass is 35.5. The van der Waals surface area contributed by atoms with E-state index >= 15 is 0 Å². The van der Waals surface area contributed by atoms with Gasteiger partial charge in [-0.15, -0.1) is 0 Å². The lowest BCUT2D eigenvalue weighted by Crippen LogP contribution is -2.35. The summed E-state index contributed by atoms with van der Waals surface area (Å²) >= 11 is 6.21. The molecule has 0 spiro atoms. The molecule has 1 aliphatic heterocycles. The summed E-state index contributed by atoms with van der Waals surface area (Å²) in [6.07, 6.45) is 3.15. The third-order valence-corrected chi connectivity index (χ3v) is 5.36. The summed E-state index contributed by atoms with van der Waals surface area (Å²) in [5, 5.41) is 9.84. The summed E-state index contributed by atoms with van der Waals surface area (Å²) in [5.41, 5.74) is 3.98. The van der Waals surface area contributed by atoms with Crippen molar-refractivity contribution < 1.29 is 14.7 Å². The van der Waals surface area contributed by atoms with Crippen molar-refractivity contribution in [3.05, 3.63) is 75.8 Å². The Hall–Kier alpha value is -2.79. The average molecular weight is 399 g/mol. The second-order valence-electron chi connectivity index (χ2n) is 6.72. The number of benzene rings is 2. The maximum Gasteiger partial charge on any atom is 0.407 e. The fraction of sp³-hybridized carbons (Fsp3) is 0.273. The van der Waals surface area contributed by atoms with E-state index in [2.05, 4.69) is 0 Å². The Kier molecular flexibility index (Phi) is 6.37. The predicted octanol–water partition coefficient (Wildman–Crippen LogP) is 4.44. The Balaban J connectivity index is 1.74. The molecule has 0 aromatic heterocycles. The number of carbonyl (C=O) groups excluding carboxylic acids is 1. The molecule has 2 aromatic carbocycles. The quantitative estimate of drug-likeness (QED) is 0.757. The number of nitrogens with zero attached hydrogens (tertiary/aromatic N) is 2. The lowest BCUT2D eigenvalue weighted by Gasteiger charge is -2.27. The van der Waals surface area contributed by atoms with Crippen molar-refractivity contribution in [2.24, 2.45) is 0 Å². The number of hydrogen-bond acceptors (Lipinski definition) is 2. The zero-order chi connectivity index (χ0) is 20.1. The maximum atomic E-state index is 12.7. The third kappa shape index (κ3) is 4.54. The molecule has 0 saturated carbocycles. The predicted molar refractivity (Wildman–Crippen MR) is 110 cm³/mol. The van der Waals surface area contributed by atoms with Gasteiger partial charge in [0.15, 0.2) is 0 Å². The van der Waals surface area contributed by atoms with Gasteiger partial charge in [-0.3, -0.25) is 4.79 Å². The highest BCUT2D eigenvalue weighted by molar-refractivity contribution is 6.31. The molecule has 0 bridgehead atoms. The highest BCUT2D eigenvalue weighted by Gasteiger charge is 2.21. The molecule has 1 aliphatic rings. The smallest absolute Gasteiger partial charge is 0.407 e. The van der Waals surface area contributed by atoms with Gasteiger partial charge in [-0.2, -0.15) is 0 Å². The average Bonchev–Trinajstić information content (AvgIpc) is 2.70. The van der Waals surface area contributed by atoms with Crippen LogP contribution in [-0.4, -0.2) is 40.0 Å². The first kappa shape index (κ1) is 20.0. The summed E-state index contributed by atoms with van der Waals surface area (Å²) in [6.45, 7) is 3.82. The molecule has 3 rings (SSSR count). The number of rotatable bonds is 5. The van der Waals surface area contributed by atoms with Crippen LogP contribution in [0.15, 0.2) is 48.5 Å². The molecule has 2 aromatic rings. The van der Waals surface area contributed by atoms with E-state index in [0.717, 1.165) is 22.3 Å². The first-order valence-corrected chi connectivity index (χ1v) is 9.66. The molecule has 0 unspecified atom stereocenters. The standard InChI is InChI=1S/C22H23ClN2O3/c1-2-24(15-18-6-3-4-9-20(18)23)21(26)11-10-16-7-5-8-17-14-25(22(27)28)13-12-19(16)17/h3-11H,2,12-15H2,1H3,(H,27,28)/b11-10+. The van der Waals surface area contributed by atoms with Gasteiger partial charge in [-0.05, 0) is 47.7 Å². The van der Waals surface area contributed by atoms with E-state index in [0.29, 0.717) is 37.6 Å². The van der Waals surface area contributed by atoms with Crippen LogP contribution in [0.25, 0.3) is 6.08 Å². The molecule has 0 fully saturated rings. The van der Waals surface area contributed by atoms with Gasteiger partial charge >= 0.3 is 6.09 Å². The Bertz CT molecular complexity index is 910. The number of carboxylic acid groups (broad SMARTS) is 1. The van der Waals surface area contributed by atoms with Gasteiger partial charge in [-0.25, -0.2) is 4.79 Å². The van der Waals surface area contributed by atoms with Crippen molar-refractivity contribution in [1.82, 2.24) is 9.80 Å². The topological polar surface area (TPSA) is 60.9 Å². The van der Waals surface area contributed by atoms with E-state index in [1.54, 1.807) is 11.0 Å². The summed E-state index contributed by atoms with van der Waals surface area (Å²) in [4.78, 5) is 27.0. The molecule has 28 heavy (non-hydrogen) atoms. The fourth-order valence-electron chi connectivity index (χ4n) is 3.40. The van der Waals surface area contributed by atoms with Crippen molar-refractivity contribution in [1.29, 1.82) is 0 Å². The minimum absolute atomic E-state index is 0.0806. The van der Waals surface area contributed by atoms with Gasteiger partial charge in [0, 0.05) is 37.3 Å². The van der Waals surface area contributed by atoms with Crippen molar-refractivity contribution in [3.8, 4) is 0 Å². The normalized spacial score (nSPS) is 13.4. The van der Waals surface area contributed by atoms with Gasteiger partial charge in [0.05, 0.1) is 0 Å². The minimum Gasteiger partial charge on any atom is -0.465 e. The molecular formula is C22H23ClN2O3. The summed E-state index contributed by atoms with van der Waals surface area (Å²) < 4.78 is 0. The van der Waals surface area contributed by atoms with E-state index in [1.165, 1.54) is 4.90 Å². The first-order chi connectivity index (χ1) is 13.5. The van der Waals surface area contributed by atoms with E-state index in [9.17, 15) is 14.7 Å². The van der Waals surface area contributed by atoms with Gasteiger partial charge in [0.1, 0.15) is 0 Å². The maximum absolute atomic E-state index is 12.7. The van der Waals surface area contributed by atoms with Gasteiger partial charge in [0.25, 0.3) is 0 Å². The van der Waals surface area contributed by atoms with Crippen LogP contribution < -0.4 is 0 Å². The van der Waals surface area contributed by atoms with E-state index in [-0.39, 0.29) is 5.91 Å². The molecule has 0 atom stereocenters. The first-order valence-electron chi connectivity index (χ1n) is 9.28. The van der Waals surface area contributed by atoms with Crippen LogP contribution in [0.2, 0.25) is 5.02 Å². The molecule has 6 heteroatoms. The largest absolute Gasteiger partial charge is 0.465 e. The Morgan fingerprint density at radius 2 is 2.00 bits per heavy atom. The summed E-state index contributed by atoms with van der Waals surface area (Å²) in [6, 6.07) is 13.3. The lowest BCUT2D eigenvalue weighted by molar-refractivity contribution is -0.126. The molecule has 1 heterocycles. The van der Waals surface area contributed by atoms with Crippen molar-refractivity contribution in [2.75, 3.05) is 13.1 Å². The number of likely N-dealkylation sites (N-methyl/N-ethyl adjacent to an activating group) is 1. The number of halogens is 1. The van der Waals surface area contributed by atoms with Crippen molar-refractivity contribution >= 4 is 29.7 Å². The Morgan fingerprint density at radius 3 is 2.71 bits per heavy atom. The van der Waals surface area contributed by atoms with Crippen LogP contribution >= 0.6 is 11.6 Å². The monoisotopic (exact) mass is 398 g/mol. The van der Waals surface area contributed by atoms with Crippen molar-refractivity contribution in [2.45, 2.75) is 26.4 Å². The Labute approximate surface area is 169 Å². The van der Waals surface area contributed by atoms with Crippen LogP contribution in [0.3, 0.4) is 0 Å². The van der Waals surface area contributed by atoms with E-state index < -0.39 is 6.09 Å². The molecule has 2 amide bonds. The third-order valence-electron chi connectivity index (χ3n) is 4.99. The van der Waals surface area contributed by atoms with E-state index in [4.69, 9.17) is 11.6 Å². The molecule has 0 radical (unpaired) electrons. The second-order valence-corrected chi connectivity index (χ2v) is 7.12. The lowest BCUT2D eigenvalue weighted by atomic mass is 9.94. The molecule has 1 N–H and O–H groups in total. The number of amides is 2. The highest BCUT2D eigenvalue weighted by Crippen LogP contribution is 2.24. The van der Waals surface area contributed by atoms with Crippen LogP contribution in [0.1, 0.15) is 29.2 Å². The SMILES string of the molecule is CCN(Cc1ccccc1Cl)C(=O)/C=C/c1cccc2c1CCN(C(=O)O)C2. The molecule has 5 nitrogen and oxygen atoms in total. The summed E-state index contributed by atoms with van der Waals surface area (Å²) in [5.74, 6) is -0.0806. The summed E-state index contributed by atoms with van der Waals surface area (Å²) in [7, 11) is 0. The molecule has 0 aliphatic carbocycles. The molecule has 0 saturated heterocycles. The number of fused-ring (bicyclic) bond motifs is 1. The molecular weight excluding hydrogens is 376 g/mol. The number of carbonyl (C=O) groups is 2. The van der Waals surface area contributed by atoms with Crippen LogP contribution in [-0.2, 0) is 24.3 Å². The zero-order valence-corrected chi connectivity index (χ0v) is 16.5. The van der Waals surface area contributed by atoms with Crippen LogP contribution in [0.5, 0.6) is 0 Å². The minimum atomic E-state index is -0.903. The van der Waals surface area contributed by atoms with Gasteiger partial charge in [-0.1, -0.05) is 48.0 Å². The van der Waals surface area contributed by atoms with Gasteiger partial charge in [0.2, 0.25) is 5.91 Å². The second kappa shape index (κ2) is 8.93. The van der Waals surface area contributed by atoms with Crippen molar-refractivity contribution in [3.63, 3.8) is 0 Å². The van der Waals surface area contributed by atoms with E-state index in [1.807, 2.05) is 55.5 Å².